The topological polar surface area (TPSA) is 51.7 Å². The van der Waals surface area contributed by atoms with Crippen LogP contribution in [0, 0.1) is 13.8 Å². The van der Waals surface area contributed by atoms with E-state index in [4.69, 9.17) is 9.47 Å². The minimum atomic E-state index is -0.0475. The molecule has 1 amide bonds. The lowest BCUT2D eigenvalue weighted by Crippen LogP contribution is -2.33. The van der Waals surface area contributed by atoms with Gasteiger partial charge in [0.1, 0.15) is 6.61 Å². The fourth-order valence-electron chi connectivity index (χ4n) is 1.74. The fourth-order valence-corrected chi connectivity index (χ4v) is 2.64. The monoisotopic (exact) mass is 286 g/mol. The summed E-state index contributed by atoms with van der Waals surface area (Å²) >= 11 is 1.65. The van der Waals surface area contributed by atoms with Gasteiger partial charge in [-0.05, 0) is 20.8 Å². The van der Waals surface area contributed by atoms with Gasteiger partial charge in [-0.2, -0.15) is 0 Å². The van der Waals surface area contributed by atoms with E-state index in [-0.39, 0.29) is 18.6 Å². The summed E-state index contributed by atoms with van der Waals surface area (Å²) in [6.45, 7) is 6.99. The summed E-state index contributed by atoms with van der Waals surface area (Å²) in [5.74, 6) is -0.0475. The zero-order chi connectivity index (χ0) is 14.4. The lowest BCUT2D eigenvalue weighted by molar-refractivity contribution is -0.137. The van der Waals surface area contributed by atoms with Crippen molar-refractivity contribution >= 4 is 17.2 Å². The molecule has 1 aromatic heterocycles. The average molecular weight is 286 g/mol. The maximum absolute atomic E-state index is 12.0. The lowest BCUT2D eigenvalue weighted by atomic mass is 10.2. The molecule has 0 radical (unpaired) electrons. The fraction of sp³-hybridized carbons (Fsp3) is 0.692. The molecule has 0 spiro atoms. The molecule has 1 atom stereocenters. The predicted octanol–water partition coefficient (Wildman–Crippen LogP) is 1.94. The van der Waals surface area contributed by atoms with E-state index in [9.17, 15) is 4.79 Å². The van der Waals surface area contributed by atoms with E-state index < -0.39 is 0 Å². The van der Waals surface area contributed by atoms with Gasteiger partial charge < -0.3 is 14.4 Å². The summed E-state index contributed by atoms with van der Waals surface area (Å²) in [5, 5.41) is 1.02. The van der Waals surface area contributed by atoms with Gasteiger partial charge in [0.25, 0.3) is 0 Å². The standard InChI is InChI=1S/C13H22N2O3S/c1-9(13-10(2)19-11(3)14-13)15(4)12(16)8-18-7-6-17-5/h9H,6-8H2,1-5H3. The number of methoxy groups -OCH3 is 1. The first-order valence-electron chi connectivity index (χ1n) is 6.23. The van der Waals surface area contributed by atoms with E-state index in [2.05, 4.69) is 4.98 Å². The molecular formula is C13H22N2O3S. The summed E-state index contributed by atoms with van der Waals surface area (Å²) in [4.78, 5) is 19.3. The van der Waals surface area contributed by atoms with Gasteiger partial charge >= 0.3 is 0 Å². The van der Waals surface area contributed by atoms with Crippen LogP contribution >= 0.6 is 11.3 Å². The molecule has 19 heavy (non-hydrogen) atoms. The Labute approximate surface area is 118 Å². The number of carbonyl (C=O) groups is 1. The molecule has 0 aliphatic carbocycles. The van der Waals surface area contributed by atoms with Gasteiger partial charge in [-0.3, -0.25) is 4.79 Å². The van der Waals surface area contributed by atoms with Gasteiger partial charge in [-0.25, -0.2) is 4.98 Å². The molecule has 6 heteroatoms. The van der Waals surface area contributed by atoms with E-state index in [1.165, 1.54) is 0 Å². The van der Waals surface area contributed by atoms with E-state index in [0.717, 1.165) is 15.6 Å². The first-order valence-corrected chi connectivity index (χ1v) is 7.05. The maximum atomic E-state index is 12.0. The second-order valence-corrected chi connectivity index (χ2v) is 5.81. The van der Waals surface area contributed by atoms with Crippen LogP contribution in [0.15, 0.2) is 0 Å². The molecule has 0 aliphatic rings. The van der Waals surface area contributed by atoms with Crippen molar-refractivity contribution in [3.8, 4) is 0 Å². The van der Waals surface area contributed by atoms with E-state index in [1.807, 2.05) is 20.8 Å². The van der Waals surface area contributed by atoms with E-state index in [0.29, 0.717) is 13.2 Å². The smallest absolute Gasteiger partial charge is 0.248 e. The maximum Gasteiger partial charge on any atom is 0.248 e. The average Bonchev–Trinajstić information content (AvgIpc) is 2.71. The molecule has 0 fully saturated rings. The van der Waals surface area contributed by atoms with Crippen LogP contribution in [0.2, 0.25) is 0 Å². The Hall–Kier alpha value is -0.980. The van der Waals surface area contributed by atoms with Gasteiger partial charge in [-0.15, -0.1) is 11.3 Å². The van der Waals surface area contributed by atoms with Gasteiger partial charge in [0.05, 0.1) is 30.0 Å². The molecule has 1 heterocycles. The van der Waals surface area contributed by atoms with Crippen molar-refractivity contribution in [1.82, 2.24) is 9.88 Å². The molecule has 5 nitrogen and oxygen atoms in total. The largest absolute Gasteiger partial charge is 0.382 e. The van der Waals surface area contributed by atoms with Gasteiger partial charge in [0.2, 0.25) is 5.91 Å². The molecule has 0 saturated carbocycles. The van der Waals surface area contributed by atoms with Crippen LogP contribution in [0.4, 0.5) is 0 Å². The van der Waals surface area contributed by atoms with Crippen LogP contribution in [-0.2, 0) is 14.3 Å². The molecule has 0 N–H and O–H groups in total. The quantitative estimate of drug-likeness (QED) is 0.719. The molecule has 108 valence electrons. The van der Waals surface area contributed by atoms with Crippen LogP contribution < -0.4 is 0 Å². The zero-order valence-corrected chi connectivity index (χ0v) is 13.0. The molecule has 1 unspecified atom stereocenters. The van der Waals surface area contributed by atoms with Crippen LogP contribution in [0.5, 0.6) is 0 Å². The summed E-state index contributed by atoms with van der Waals surface area (Å²) in [5.41, 5.74) is 0.968. The summed E-state index contributed by atoms with van der Waals surface area (Å²) < 4.78 is 10.1. The van der Waals surface area contributed by atoms with Crippen molar-refractivity contribution in [2.45, 2.75) is 26.8 Å². The van der Waals surface area contributed by atoms with Crippen molar-refractivity contribution < 1.29 is 14.3 Å². The van der Waals surface area contributed by atoms with Gasteiger partial charge in [0.15, 0.2) is 0 Å². The molecule has 0 aromatic carbocycles. The highest BCUT2D eigenvalue weighted by Crippen LogP contribution is 2.25. The van der Waals surface area contributed by atoms with E-state index >= 15 is 0 Å². The Balaban J connectivity index is 2.54. The van der Waals surface area contributed by atoms with Crippen LogP contribution in [0.3, 0.4) is 0 Å². The molecule has 0 bridgehead atoms. The number of ether oxygens (including phenoxy) is 2. The number of hydrogen-bond donors (Lipinski definition) is 0. The molecule has 1 aromatic rings. The number of aryl methyl sites for hydroxylation is 2. The third-order valence-electron chi connectivity index (χ3n) is 2.97. The molecule has 1 rings (SSSR count). The Morgan fingerprint density at radius 3 is 2.63 bits per heavy atom. The second kappa shape index (κ2) is 7.57. The lowest BCUT2D eigenvalue weighted by Gasteiger charge is -2.24. The first kappa shape index (κ1) is 16.1. The number of amides is 1. The zero-order valence-electron chi connectivity index (χ0n) is 12.2. The number of carbonyl (C=O) groups excluding carboxylic acids is 1. The highest BCUT2D eigenvalue weighted by atomic mass is 32.1. The number of aromatic nitrogens is 1. The highest BCUT2D eigenvalue weighted by Gasteiger charge is 2.21. The van der Waals surface area contributed by atoms with Gasteiger partial charge in [0, 0.05) is 19.0 Å². The van der Waals surface area contributed by atoms with Crippen molar-refractivity contribution in [1.29, 1.82) is 0 Å². The number of thiazole rings is 1. The minimum Gasteiger partial charge on any atom is -0.382 e. The SMILES string of the molecule is COCCOCC(=O)N(C)C(C)c1nc(C)sc1C. The van der Waals surface area contributed by atoms with E-state index in [1.54, 1.807) is 30.4 Å². The Bertz CT molecular complexity index is 420. The minimum absolute atomic E-state index is 0.0384. The van der Waals surface area contributed by atoms with Crippen molar-refractivity contribution in [3.63, 3.8) is 0 Å². The number of nitrogens with zero attached hydrogens (tertiary/aromatic N) is 2. The summed E-state index contributed by atoms with van der Waals surface area (Å²) in [7, 11) is 3.38. The normalized spacial score (nSPS) is 12.5. The third-order valence-corrected chi connectivity index (χ3v) is 3.87. The van der Waals surface area contributed by atoms with Gasteiger partial charge in [-0.1, -0.05) is 0 Å². The number of rotatable bonds is 7. The Morgan fingerprint density at radius 2 is 2.11 bits per heavy atom. The molecular weight excluding hydrogens is 264 g/mol. The highest BCUT2D eigenvalue weighted by molar-refractivity contribution is 7.11. The van der Waals surface area contributed by atoms with Crippen LogP contribution in [-0.4, -0.2) is 49.8 Å². The number of likely N-dealkylation sites (N-methyl/N-ethyl adjacent to an activating group) is 1. The molecule has 0 aliphatic heterocycles. The van der Waals surface area contributed by atoms with Crippen molar-refractivity contribution in [2.75, 3.05) is 34.0 Å². The summed E-state index contributed by atoms with van der Waals surface area (Å²) in [6.07, 6.45) is 0. The molecule has 0 saturated heterocycles. The number of hydrogen-bond acceptors (Lipinski definition) is 5. The third kappa shape index (κ3) is 4.56. The van der Waals surface area contributed by atoms with Crippen LogP contribution in [0.25, 0.3) is 0 Å². The first-order chi connectivity index (χ1) is 8.97. The summed E-state index contributed by atoms with van der Waals surface area (Å²) in [6, 6.07) is -0.0384. The predicted molar refractivity (Wildman–Crippen MR) is 75.5 cm³/mol. The van der Waals surface area contributed by atoms with Crippen molar-refractivity contribution in [2.24, 2.45) is 0 Å². The Kier molecular flexibility index (Phi) is 6.41. The second-order valence-electron chi connectivity index (χ2n) is 4.40. The van der Waals surface area contributed by atoms with Crippen molar-refractivity contribution in [3.05, 3.63) is 15.6 Å². The van der Waals surface area contributed by atoms with Crippen LogP contribution in [0.1, 0.15) is 28.5 Å². The Morgan fingerprint density at radius 1 is 1.42 bits per heavy atom.